The molecule has 0 nitrogen and oxygen atoms in total. The largest absolute Gasteiger partial charge is 0.0845 e. The summed E-state index contributed by atoms with van der Waals surface area (Å²) in [5.74, 6) is 2.74. The van der Waals surface area contributed by atoms with Gasteiger partial charge in [-0.15, -0.1) is 0 Å². The first-order valence-electron chi connectivity index (χ1n) is 8.73. The molecule has 108 valence electrons. The summed E-state index contributed by atoms with van der Waals surface area (Å²) in [6.45, 7) is 4.77. The zero-order valence-corrected chi connectivity index (χ0v) is 13.0. The van der Waals surface area contributed by atoms with Crippen LogP contribution in [0.3, 0.4) is 0 Å². The lowest BCUT2D eigenvalue weighted by Gasteiger charge is -2.20. The van der Waals surface area contributed by atoms with Gasteiger partial charge in [-0.25, -0.2) is 0 Å². The molecule has 0 aromatic heterocycles. The van der Waals surface area contributed by atoms with Gasteiger partial charge in [-0.05, 0) is 49.9 Å². The zero-order chi connectivity index (χ0) is 13.5. The van der Waals surface area contributed by atoms with Crippen LogP contribution in [0, 0.1) is 17.8 Å². The van der Waals surface area contributed by atoms with Gasteiger partial charge in [-0.1, -0.05) is 69.8 Å². The van der Waals surface area contributed by atoms with E-state index in [0.717, 1.165) is 17.8 Å². The molecule has 0 aliphatic heterocycles. The molecule has 2 aliphatic rings. The number of hydrogen-bond acceptors (Lipinski definition) is 0. The molecule has 0 heteroatoms. The lowest BCUT2D eigenvalue weighted by molar-refractivity contribution is 0.367. The third kappa shape index (κ3) is 3.97. The van der Waals surface area contributed by atoms with E-state index in [-0.39, 0.29) is 0 Å². The van der Waals surface area contributed by atoms with Gasteiger partial charge in [0.05, 0.1) is 0 Å². The summed E-state index contributed by atoms with van der Waals surface area (Å²) >= 11 is 0. The predicted octanol–water partition coefficient (Wildman–Crippen LogP) is 6.29. The number of fused-ring (bicyclic) bond motifs is 1. The lowest BCUT2D eigenvalue weighted by atomic mass is 9.85. The quantitative estimate of drug-likeness (QED) is 0.547. The highest BCUT2D eigenvalue weighted by atomic mass is 14.4. The van der Waals surface area contributed by atoms with E-state index < -0.39 is 0 Å². The average molecular weight is 260 g/mol. The molecule has 0 saturated heterocycles. The number of hydrogen-bond donors (Lipinski definition) is 0. The van der Waals surface area contributed by atoms with Gasteiger partial charge in [0.15, 0.2) is 0 Å². The third-order valence-electron chi connectivity index (χ3n) is 5.38. The molecule has 3 atom stereocenters. The number of allylic oxidation sites excluding steroid dienone is 4. The molecule has 0 aromatic carbocycles. The second-order valence-corrected chi connectivity index (χ2v) is 6.56. The van der Waals surface area contributed by atoms with Crippen molar-refractivity contribution in [2.45, 2.75) is 78.1 Å². The summed E-state index contributed by atoms with van der Waals surface area (Å²) in [5, 5.41) is 0. The smallest absolute Gasteiger partial charge is 0.0169 e. The Morgan fingerprint density at radius 2 is 1.79 bits per heavy atom. The van der Waals surface area contributed by atoms with E-state index in [2.05, 4.69) is 32.1 Å². The second kappa shape index (κ2) is 7.92. The summed E-state index contributed by atoms with van der Waals surface area (Å²) in [5.41, 5.74) is 1.80. The van der Waals surface area contributed by atoms with E-state index in [0.29, 0.717) is 0 Å². The zero-order valence-electron chi connectivity index (χ0n) is 13.0. The molecule has 3 unspecified atom stereocenters. The molecule has 0 aromatic rings. The van der Waals surface area contributed by atoms with Crippen LogP contribution in [0.2, 0.25) is 0 Å². The highest BCUT2D eigenvalue weighted by molar-refractivity contribution is 5.23. The van der Waals surface area contributed by atoms with Gasteiger partial charge in [0.1, 0.15) is 0 Å². The van der Waals surface area contributed by atoms with Crippen LogP contribution >= 0.6 is 0 Å². The van der Waals surface area contributed by atoms with Crippen LogP contribution in [-0.2, 0) is 0 Å². The van der Waals surface area contributed by atoms with E-state index >= 15 is 0 Å². The van der Waals surface area contributed by atoms with E-state index in [1.807, 2.05) is 0 Å². The van der Waals surface area contributed by atoms with E-state index in [1.54, 1.807) is 5.57 Å². The maximum absolute atomic E-state index is 2.50. The summed E-state index contributed by atoms with van der Waals surface area (Å²) in [4.78, 5) is 0. The molecule has 0 bridgehead atoms. The molecular formula is C19H32. The molecule has 1 fully saturated rings. The normalized spacial score (nSPS) is 34.8. The SMILES string of the molecule is CCC1CC(CC)C2CCCCCCC/C=C/C=C12. The topological polar surface area (TPSA) is 0 Å². The fourth-order valence-electron chi connectivity index (χ4n) is 4.19. The van der Waals surface area contributed by atoms with Crippen LogP contribution in [-0.4, -0.2) is 0 Å². The van der Waals surface area contributed by atoms with Gasteiger partial charge in [0, 0.05) is 0 Å². The molecule has 0 amide bonds. The van der Waals surface area contributed by atoms with Gasteiger partial charge in [0.2, 0.25) is 0 Å². The Morgan fingerprint density at radius 3 is 2.58 bits per heavy atom. The molecule has 1 saturated carbocycles. The van der Waals surface area contributed by atoms with Crippen LogP contribution < -0.4 is 0 Å². The molecule has 0 heterocycles. The van der Waals surface area contributed by atoms with Gasteiger partial charge < -0.3 is 0 Å². The number of rotatable bonds is 2. The fourth-order valence-corrected chi connectivity index (χ4v) is 4.19. The van der Waals surface area contributed by atoms with Crippen molar-refractivity contribution < 1.29 is 0 Å². The van der Waals surface area contributed by atoms with Crippen molar-refractivity contribution in [1.82, 2.24) is 0 Å². The summed E-state index contributed by atoms with van der Waals surface area (Å²) in [6.07, 6.45) is 21.4. The molecule has 19 heavy (non-hydrogen) atoms. The van der Waals surface area contributed by atoms with Gasteiger partial charge in [0.25, 0.3) is 0 Å². The molecular weight excluding hydrogens is 228 g/mol. The van der Waals surface area contributed by atoms with Crippen LogP contribution in [0.15, 0.2) is 23.8 Å². The highest BCUT2D eigenvalue weighted by Crippen LogP contribution is 2.46. The maximum atomic E-state index is 2.50. The molecule has 2 rings (SSSR count). The Bertz CT molecular complexity index is 310. The van der Waals surface area contributed by atoms with E-state index in [9.17, 15) is 0 Å². The van der Waals surface area contributed by atoms with Crippen LogP contribution in [0.5, 0.6) is 0 Å². The molecule has 2 aliphatic carbocycles. The van der Waals surface area contributed by atoms with E-state index in [1.165, 1.54) is 64.2 Å². The average Bonchev–Trinajstić information content (AvgIpc) is 2.76. The Balaban J connectivity index is 2.14. The monoisotopic (exact) mass is 260 g/mol. The van der Waals surface area contributed by atoms with Crippen molar-refractivity contribution >= 4 is 0 Å². The maximum Gasteiger partial charge on any atom is -0.0169 e. The first kappa shape index (κ1) is 14.9. The van der Waals surface area contributed by atoms with Crippen LogP contribution in [0.4, 0.5) is 0 Å². The van der Waals surface area contributed by atoms with Gasteiger partial charge in [-0.2, -0.15) is 0 Å². The first-order valence-corrected chi connectivity index (χ1v) is 8.73. The minimum Gasteiger partial charge on any atom is -0.0845 e. The van der Waals surface area contributed by atoms with Gasteiger partial charge >= 0.3 is 0 Å². The Hall–Kier alpha value is -0.520. The predicted molar refractivity (Wildman–Crippen MR) is 85.2 cm³/mol. The van der Waals surface area contributed by atoms with Crippen molar-refractivity contribution in [1.29, 1.82) is 0 Å². The first-order chi connectivity index (χ1) is 9.36. The van der Waals surface area contributed by atoms with Crippen molar-refractivity contribution in [3.05, 3.63) is 23.8 Å². The fraction of sp³-hybridized carbons (Fsp3) is 0.789. The standard InChI is InChI=1S/C19H32/c1-3-16-15-17(4-2)19-14-12-10-8-6-5-7-9-11-13-18(16)19/h9,11,13,16-17,19H,3-8,10,12,14-15H2,1-2H3/b11-9+,18-13?. The van der Waals surface area contributed by atoms with Crippen molar-refractivity contribution in [2.75, 3.05) is 0 Å². The second-order valence-electron chi connectivity index (χ2n) is 6.56. The van der Waals surface area contributed by atoms with Crippen molar-refractivity contribution in [3.63, 3.8) is 0 Å². The van der Waals surface area contributed by atoms with Crippen LogP contribution in [0.25, 0.3) is 0 Å². The van der Waals surface area contributed by atoms with Crippen molar-refractivity contribution in [3.8, 4) is 0 Å². The third-order valence-corrected chi connectivity index (χ3v) is 5.38. The summed E-state index contributed by atoms with van der Waals surface area (Å²) in [7, 11) is 0. The molecule has 0 spiro atoms. The minimum atomic E-state index is 0.877. The highest BCUT2D eigenvalue weighted by Gasteiger charge is 2.35. The van der Waals surface area contributed by atoms with Crippen molar-refractivity contribution in [2.24, 2.45) is 17.8 Å². The Labute approximate surface area is 120 Å². The Kier molecular flexibility index (Phi) is 6.20. The molecule has 0 radical (unpaired) electrons. The summed E-state index contributed by atoms with van der Waals surface area (Å²) < 4.78 is 0. The van der Waals surface area contributed by atoms with E-state index in [4.69, 9.17) is 0 Å². The molecule has 0 N–H and O–H groups in total. The summed E-state index contributed by atoms with van der Waals surface area (Å²) in [6, 6.07) is 0. The Morgan fingerprint density at radius 1 is 1.00 bits per heavy atom. The van der Waals surface area contributed by atoms with Gasteiger partial charge in [-0.3, -0.25) is 0 Å². The van der Waals surface area contributed by atoms with Crippen LogP contribution in [0.1, 0.15) is 78.1 Å². The lowest BCUT2D eigenvalue weighted by Crippen LogP contribution is -2.09. The minimum absolute atomic E-state index is 0.877.